The molecule has 22 heavy (non-hydrogen) atoms. The zero-order valence-electron chi connectivity index (χ0n) is 14.7. The number of ether oxygens (including phenoxy) is 1. The van der Waals surface area contributed by atoms with E-state index in [2.05, 4.69) is 35.3 Å². The van der Waals surface area contributed by atoms with Gasteiger partial charge in [0, 0.05) is 39.1 Å². The molecule has 1 heterocycles. The summed E-state index contributed by atoms with van der Waals surface area (Å²) in [6.07, 6.45) is 6.11. The minimum atomic E-state index is -0.435. The molecule has 1 rings (SSSR count). The summed E-state index contributed by atoms with van der Waals surface area (Å²) in [6.45, 7) is 11.3. The third kappa shape index (κ3) is 7.50. The van der Waals surface area contributed by atoms with Crippen LogP contribution in [0.2, 0.25) is 0 Å². The fourth-order valence-corrected chi connectivity index (χ4v) is 2.10. The lowest BCUT2D eigenvalue weighted by molar-refractivity contribution is 0.0297. The lowest BCUT2D eigenvalue weighted by Gasteiger charge is -2.24. The summed E-state index contributed by atoms with van der Waals surface area (Å²) < 4.78 is 7.53. The van der Waals surface area contributed by atoms with E-state index in [0.717, 1.165) is 32.5 Å². The van der Waals surface area contributed by atoms with Crippen molar-refractivity contribution in [2.45, 2.75) is 59.2 Å². The summed E-state index contributed by atoms with van der Waals surface area (Å²) >= 11 is 0. The first kappa shape index (κ1) is 18.6. The van der Waals surface area contributed by atoms with Gasteiger partial charge in [0.2, 0.25) is 0 Å². The van der Waals surface area contributed by atoms with Crippen molar-refractivity contribution in [1.82, 2.24) is 14.8 Å². The Morgan fingerprint density at radius 3 is 2.77 bits per heavy atom. The van der Waals surface area contributed by atoms with E-state index in [1.165, 1.54) is 5.56 Å². The number of aromatic nitrogens is 1. The topological polar surface area (TPSA) is 46.5 Å². The highest BCUT2D eigenvalue weighted by molar-refractivity contribution is 5.67. The number of amides is 1. The zero-order valence-corrected chi connectivity index (χ0v) is 14.7. The predicted octanol–water partition coefficient (Wildman–Crippen LogP) is 3.24. The number of nitrogens with zero attached hydrogens (tertiary/aromatic N) is 2. The zero-order chi connectivity index (χ0) is 16.6. The lowest BCUT2D eigenvalue weighted by Crippen LogP contribution is -2.35. The number of rotatable bonds is 8. The molecule has 0 spiro atoms. The summed E-state index contributed by atoms with van der Waals surface area (Å²) in [4.78, 5) is 13.4. The molecule has 5 nitrogen and oxygen atoms in total. The van der Waals surface area contributed by atoms with Crippen LogP contribution in [-0.2, 0) is 17.8 Å². The van der Waals surface area contributed by atoms with Crippen LogP contribution in [0.5, 0.6) is 0 Å². The predicted molar refractivity (Wildman–Crippen MR) is 89.9 cm³/mol. The van der Waals surface area contributed by atoms with Crippen LogP contribution in [0.4, 0.5) is 4.79 Å². The molecular weight excluding hydrogens is 278 g/mol. The van der Waals surface area contributed by atoms with E-state index in [1.807, 2.05) is 20.8 Å². The highest BCUT2D eigenvalue weighted by atomic mass is 16.6. The van der Waals surface area contributed by atoms with Crippen LogP contribution in [0.1, 0.15) is 46.1 Å². The van der Waals surface area contributed by atoms with E-state index in [9.17, 15) is 4.79 Å². The van der Waals surface area contributed by atoms with Crippen molar-refractivity contribution < 1.29 is 9.53 Å². The molecule has 0 aliphatic carbocycles. The largest absolute Gasteiger partial charge is 0.444 e. The molecule has 0 bridgehead atoms. The van der Waals surface area contributed by atoms with Gasteiger partial charge in [-0.1, -0.05) is 6.92 Å². The van der Waals surface area contributed by atoms with Gasteiger partial charge in [0.25, 0.3) is 0 Å². The average molecular weight is 309 g/mol. The first-order valence-corrected chi connectivity index (χ1v) is 8.11. The van der Waals surface area contributed by atoms with Crippen molar-refractivity contribution in [2.24, 2.45) is 0 Å². The van der Waals surface area contributed by atoms with E-state index in [-0.39, 0.29) is 6.09 Å². The number of nitrogens with one attached hydrogen (secondary N) is 1. The van der Waals surface area contributed by atoms with Gasteiger partial charge >= 0.3 is 6.09 Å². The molecule has 0 aromatic carbocycles. The lowest BCUT2D eigenvalue weighted by atomic mass is 10.2. The molecule has 0 saturated carbocycles. The van der Waals surface area contributed by atoms with Gasteiger partial charge in [-0.2, -0.15) is 0 Å². The number of carbonyl (C=O) groups excluding carboxylic acids is 1. The third-order valence-corrected chi connectivity index (χ3v) is 3.17. The minimum absolute atomic E-state index is 0.260. The van der Waals surface area contributed by atoms with Crippen molar-refractivity contribution in [3.8, 4) is 0 Å². The molecule has 5 heteroatoms. The summed E-state index contributed by atoms with van der Waals surface area (Å²) in [5.41, 5.74) is 0.865. The molecule has 0 unspecified atom stereocenters. The fourth-order valence-electron chi connectivity index (χ4n) is 2.10. The molecular formula is C17H31N3O2. The maximum absolute atomic E-state index is 11.8. The van der Waals surface area contributed by atoms with Gasteiger partial charge in [-0.05, 0) is 51.8 Å². The van der Waals surface area contributed by atoms with Gasteiger partial charge in [0.1, 0.15) is 5.60 Å². The molecule has 1 N–H and O–H groups in total. The molecule has 0 aliphatic heterocycles. The number of aryl methyl sites for hydroxylation is 1. The smallest absolute Gasteiger partial charge is 0.410 e. The van der Waals surface area contributed by atoms with Gasteiger partial charge in [-0.15, -0.1) is 0 Å². The Labute approximate surface area is 134 Å². The number of hydrogen-bond donors (Lipinski definition) is 1. The van der Waals surface area contributed by atoms with Gasteiger partial charge < -0.3 is 19.5 Å². The molecule has 126 valence electrons. The Bertz CT molecular complexity index is 449. The van der Waals surface area contributed by atoms with Gasteiger partial charge in [0.15, 0.2) is 0 Å². The highest BCUT2D eigenvalue weighted by Crippen LogP contribution is 2.09. The SMILES string of the molecule is CCCn1ccc(CNCCCN(C)C(=O)OC(C)(C)C)c1. The first-order chi connectivity index (χ1) is 10.3. The monoisotopic (exact) mass is 309 g/mol. The van der Waals surface area contributed by atoms with Crippen LogP contribution in [0.25, 0.3) is 0 Å². The van der Waals surface area contributed by atoms with E-state index >= 15 is 0 Å². The van der Waals surface area contributed by atoms with Crippen LogP contribution in [0, 0.1) is 0 Å². The van der Waals surface area contributed by atoms with Crippen LogP contribution >= 0.6 is 0 Å². The van der Waals surface area contributed by atoms with Gasteiger partial charge in [-0.25, -0.2) is 4.79 Å². The van der Waals surface area contributed by atoms with Crippen molar-refractivity contribution >= 4 is 6.09 Å². The van der Waals surface area contributed by atoms with Crippen LogP contribution in [0.15, 0.2) is 18.5 Å². The van der Waals surface area contributed by atoms with E-state index in [0.29, 0.717) is 6.54 Å². The molecule has 0 radical (unpaired) electrons. The van der Waals surface area contributed by atoms with Crippen LogP contribution in [0.3, 0.4) is 0 Å². The number of carbonyl (C=O) groups is 1. The molecule has 0 atom stereocenters. The van der Waals surface area contributed by atoms with E-state index in [1.54, 1.807) is 11.9 Å². The van der Waals surface area contributed by atoms with Gasteiger partial charge in [-0.3, -0.25) is 0 Å². The molecule has 0 aliphatic rings. The van der Waals surface area contributed by atoms with Crippen molar-refractivity contribution in [2.75, 3.05) is 20.1 Å². The maximum Gasteiger partial charge on any atom is 0.410 e. The Morgan fingerprint density at radius 2 is 2.14 bits per heavy atom. The van der Waals surface area contributed by atoms with E-state index < -0.39 is 5.60 Å². The Hall–Kier alpha value is -1.49. The highest BCUT2D eigenvalue weighted by Gasteiger charge is 2.18. The standard InChI is InChI=1S/C17H31N3O2/c1-6-10-20-12-8-15(14-20)13-18-9-7-11-19(5)16(21)22-17(2,3)4/h8,12,14,18H,6-7,9-11,13H2,1-5H3. The first-order valence-electron chi connectivity index (χ1n) is 8.11. The molecule has 1 aromatic rings. The second-order valence-corrected chi connectivity index (χ2v) is 6.69. The molecule has 1 amide bonds. The van der Waals surface area contributed by atoms with Crippen molar-refractivity contribution in [3.05, 3.63) is 24.0 Å². The second-order valence-electron chi connectivity index (χ2n) is 6.69. The van der Waals surface area contributed by atoms with Crippen LogP contribution < -0.4 is 5.32 Å². The Morgan fingerprint density at radius 1 is 1.41 bits per heavy atom. The van der Waals surface area contributed by atoms with Gasteiger partial charge in [0.05, 0.1) is 0 Å². The Kier molecular flexibility index (Phi) is 7.45. The Balaban J connectivity index is 2.15. The molecule has 0 fully saturated rings. The van der Waals surface area contributed by atoms with E-state index in [4.69, 9.17) is 4.74 Å². The summed E-state index contributed by atoms with van der Waals surface area (Å²) in [6, 6.07) is 2.15. The summed E-state index contributed by atoms with van der Waals surface area (Å²) in [7, 11) is 1.78. The molecule has 1 aromatic heterocycles. The average Bonchev–Trinajstić information content (AvgIpc) is 2.84. The molecule has 0 saturated heterocycles. The second kappa shape index (κ2) is 8.83. The third-order valence-electron chi connectivity index (χ3n) is 3.17. The maximum atomic E-state index is 11.8. The minimum Gasteiger partial charge on any atom is -0.444 e. The van der Waals surface area contributed by atoms with Crippen LogP contribution in [-0.4, -0.2) is 41.3 Å². The number of hydrogen-bond acceptors (Lipinski definition) is 3. The normalized spacial score (nSPS) is 11.5. The summed E-state index contributed by atoms with van der Waals surface area (Å²) in [5, 5.41) is 3.41. The van der Waals surface area contributed by atoms with Crippen molar-refractivity contribution in [1.29, 1.82) is 0 Å². The van der Waals surface area contributed by atoms with Crippen molar-refractivity contribution in [3.63, 3.8) is 0 Å². The fraction of sp³-hybridized carbons (Fsp3) is 0.706. The quantitative estimate of drug-likeness (QED) is 0.750. The summed E-state index contributed by atoms with van der Waals surface area (Å²) in [5.74, 6) is 0.